The highest BCUT2D eigenvalue weighted by atomic mass is 79.9. The summed E-state index contributed by atoms with van der Waals surface area (Å²) in [6.07, 6.45) is 0.926. The molecule has 0 saturated carbocycles. The average molecular weight is 261 g/mol. The molecule has 0 aliphatic heterocycles. The average Bonchev–Trinajstić information content (AvgIpc) is 2.60. The molecule has 1 aromatic heterocycles. The minimum absolute atomic E-state index is 0.119. The smallest absolute Gasteiger partial charge is 0.292 e. The van der Waals surface area contributed by atoms with Crippen molar-refractivity contribution in [2.24, 2.45) is 0 Å². The number of alkyl halides is 1. The van der Waals surface area contributed by atoms with Crippen molar-refractivity contribution in [3.8, 4) is 0 Å². The Morgan fingerprint density at radius 1 is 1.71 bits per heavy atom. The minimum atomic E-state index is -0.119. The Hall–Kier alpha value is -0.840. The van der Waals surface area contributed by atoms with Gasteiger partial charge in [-0.2, -0.15) is 0 Å². The van der Waals surface area contributed by atoms with Crippen LogP contribution in [0.1, 0.15) is 22.7 Å². The number of carbonyl (C=O) groups excluding carboxylic acids is 1. The molecule has 0 spiro atoms. The standard InChI is InChI=1S/C9H13BrN2O2/c1-7-6-8(14-11-7)9(13)12(2)5-3-4-10/h6H,3-5H2,1-2H3. The summed E-state index contributed by atoms with van der Waals surface area (Å²) in [5, 5.41) is 4.56. The second-order valence-electron chi connectivity index (χ2n) is 3.10. The van der Waals surface area contributed by atoms with Crippen molar-refractivity contribution in [2.45, 2.75) is 13.3 Å². The van der Waals surface area contributed by atoms with Gasteiger partial charge in [-0.05, 0) is 13.3 Å². The molecule has 1 amide bonds. The van der Waals surface area contributed by atoms with Gasteiger partial charge in [-0.15, -0.1) is 0 Å². The number of aromatic nitrogens is 1. The van der Waals surface area contributed by atoms with E-state index in [1.165, 1.54) is 0 Å². The van der Waals surface area contributed by atoms with Crippen LogP contribution in [0.15, 0.2) is 10.6 Å². The van der Waals surface area contributed by atoms with Crippen molar-refractivity contribution < 1.29 is 9.32 Å². The molecule has 0 saturated heterocycles. The summed E-state index contributed by atoms with van der Waals surface area (Å²) >= 11 is 3.31. The van der Waals surface area contributed by atoms with Crippen LogP contribution in [0.2, 0.25) is 0 Å². The van der Waals surface area contributed by atoms with Crippen LogP contribution in [0.5, 0.6) is 0 Å². The minimum Gasteiger partial charge on any atom is -0.351 e. The van der Waals surface area contributed by atoms with Crippen LogP contribution < -0.4 is 0 Å². The maximum atomic E-state index is 11.6. The topological polar surface area (TPSA) is 46.3 Å². The van der Waals surface area contributed by atoms with Crippen molar-refractivity contribution in [1.29, 1.82) is 0 Å². The lowest BCUT2D eigenvalue weighted by Crippen LogP contribution is -2.27. The van der Waals surface area contributed by atoms with E-state index in [-0.39, 0.29) is 5.91 Å². The molecule has 14 heavy (non-hydrogen) atoms. The van der Waals surface area contributed by atoms with E-state index in [0.717, 1.165) is 17.4 Å². The fourth-order valence-electron chi connectivity index (χ4n) is 1.05. The maximum absolute atomic E-state index is 11.6. The van der Waals surface area contributed by atoms with Gasteiger partial charge in [0.25, 0.3) is 5.91 Å². The largest absolute Gasteiger partial charge is 0.351 e. The van der Waals surface area contributed by atoms with Crippen LogP contribution in [0.25, 0.3) is 0 Å². The van der Waals surface area contributed by atoms with Gasteiger partial charge in [0.05, 0.1) is 5.69 Å². The third-order valence-electron chi connectivity index (χ3n) is 1.81. The second kappa shape index (κ2) is 5.14. The van der Waals surface area contributed by atoms with Crippen LogP contribution in [0.4, 0.5) is 0 Å². The van der Waals surface area contributed by atoms with Gasteiger partial charge in [0, 0.05) is 25.0 Å². The van der Waals surface area contributed by atoms with E-state index >= 15 is 0 Å². The lowest BCUT2D eigenvalue weighted by molar-refractivity contribution is 0.0754. The van der Waals surface area contributed by atoms with Crippen molar-refractivity contribution in [2.75, 3.05) is 18.9 Å². The molecule has 0 N–H and O–H groups in total. The third-order valence-corrected chi connectivity index (χ3v) is 2.37. The fourth-order valence-corrected chi connectivity index (χ4v) is 1.30. The summed E-state index contributed by atoms with van der Waals surface area (Å²) in [5.41, 5.74) is 0.724. The second-order valence-corrected chi connectivity index (χ2v) is 3.89. The van der Waals surface area contributed by atoms with E-state index in [4.69, 9.17) is 4.52 Å². The summed E-state index contributed by atoms with van der Waals surface area (Å²) in [6, 6.07) is 1.65. The van der Waals surface area contributed by atoms with E-state index in [2.05, 4.69) is 21.1 Å². The first-order chi connectivity index (χ1) is 6.65. The molecule has 1 heterocycles. The van der Waals surface area contributed by atoms with Crippen molar-refractivity contribution in [3.63, 3.8) is 0 Å². The number of nitrogens with zero attached hydrogens (tertiary/aromatic N) is 2. The quantitative estimate of drug-likeness (QED) is 0.777. The van der Waals surface area contributed by atoms with Gasteiger partial charge in [0.2, 0.25) is 5.76 Å². The number of amides is 1. The Kier molecular flexibility index (Phi) is 4.13. The molecule has 0 aliphatic carbocycles. The molecule has 0 aliphatic rings. The summed E-state index contributed by atoms with van der Waals surface area (Å²) in [7, 11) is 1.75. The highest BCUT2D eigenvalue weighted by molar-refractivity contribution is 9.09. The molecule has 1 rings (SSSR count). The molecule has 0 radical (unpaired) electrons. The van der Waals surface area contributed by atoms with Gasteiger partial charge in [0.15, 0.2) is 0 Å². The van der Waals surface area contributed by atoms with E-state index in [9.17, 15) is 4.79 Å². The number of rotatable bonds is 4. The highest BCUT2D eigenvalue weighted by Crippen LogP contribution is 2.06. The number of carbonyl (C=O) groups is 1. The monoisotopic (exact) mass is 260 g/mol. The van der Waals surface area contributed by atoms with Crippen LogP contribution in [0.3, 0.4) is 0 Å². The Bertz CT molecular complexity index is 312. The normalized spacial score (nSPS) is 10.2. The predicted octanol–water partition coefficient (Wildman–Crippen LogP) is 1.84. The SMILES string of the molecule is Cc1cc(C(=O)N(C)CCCBr)on1. The first-order valence-corrected chi connectivity index (χ1v) is 5.52. The summed E-state index contributed by atoms with van der Waals surface area (Å²) in [4.78, 5) is 13.3. The van der Waals surface area contributed by atoms with Gasteiger partial charge < -0.3 is 9.42 Å². The first-order valence-electron chi connectivity index (χ1n) is 4.40. The Morgan fingerprint density at radius 3 is 2.93 bits per heavy atom. The lowest BCUT2D eigenvalue weighted by atomic mass is 10.3. The van der Waals surface area contributed by atoms with Crippen molar-refractivity contribution in [1.82, 2.24) is 10.1 Å². The molecule has 0 aromatic carbocycles. The molecule has 4 nitrogen and oxygen atoms in total. The zero-order valence-corrected chi connectivity index (χ0v) is 9.87. The Labute approximate surface area is 91.4 Å². The molecule has 0 bridgehead atoms. The molecule has 5 heteroatoms. The molecule has 78 valence electrons. The number of aryl methyl sites for hydroxylation is 1. The number of hydrogen-bond donors (Lipinski definition) is 0. The number of halogens is 1. The maximum Gasteiger partial charge on any atom is 0.292 e. The first kappa shape index (κ1) is 11.2. The lowest BCUT2D eigenvalue weighted by Gasteiger charge is -2.13. The van der Waals surface area contributed by atoms with Gasteiger partial charge in [-0.25, -0.2) is 0 Å². The highest BCUT2D eigenvalue weighted by Gasteiger charge is 2.15. The molecule has 1 aromatic rings. The summed E-state index contributed by atoms with van der Waals surface area (Å²) in [6.45, 7) is 2.50. The Balaban J connectivity index is 2.56. The van der Waals surface area contributed by atoms with Crippen molar-refractivity contribution in [3.05, 3.63) is 17.5 Å². The van der Waals surface area contributed by atoms with Crippen LogP contribution in [0, 0.1) is 6.92 Å². The van der Waals surface area contributed by atoms with E-state index in [1.54, 1.807) is 24.9 Å². The molecular formula is C9H13BrN2O2. The molecule has 0 unspecified atom stereocenters. The van der Waals surface area contributed by atoms with Gasteiger partial charge >= 0.3 is 0 Å². The van der Waals surface area contributed by atoms with Crippen LogP contribution in [-0.2, 0) is 0 Å². The van der Waals surface area contributed by atoms with Crippen LogP contribution in [-0.4, -0.2) is 34.9 Å². The fraction of sp³-hybridized carbons (Fsp3) is 0.556. The number of hydrogen-bond acceptors (Lipinski definition) is 3. The summed E-state index contributed by atoms with van der Waals surface area (Å²) < 4.78 is 4.87. The zero-order chi connectivity index (χ0) is 10.6. The predicted molar refractivity (Wildman–Crippen MR) is 56.6 cm³/mol. The van der Waals surface area contributed by atoms with Gasteiger partial charge in [-0.1, -0.05) is 21.1 Å². The van der Waals surface area contributed by atoms with E-state index < -0.39 is 0 Å². The van der Waals surface area contributed by atoms with Crippen LogP contribution >= 0.6 is 15.9 Å². The van der Waals surface area contributed by atoms with Gasteiger partial charge in [0.1, 0.15) is 0 Å². The molecule has 0 fully saturated rings. The third kappa shape index (κ3) is 2.83. The molecule has 0 atom stereocenters. The zero-order valence-electron chi connectivity index (χ0n) is 8.29. The van der Waals surface area contributed by atoms with Crippen molar-refractivity contribution >= 4 is 21.8 Å². The summed E-state index contributed by atoms with van der Waals surface area (Å²) in [5.74, 6) is 0.186. The Morgan fingerprint density at radius 2 is 2.43 bits per heavy atom. The van der Waals surface area contributed by atoms with Gasteiger partial charge in [-0.3, -0.25) is 4.79 Å². The van der Waals surface area contributed by atoms with E-state index in [1.807, 2.05) is 0 Å². The molecular weight excluding hydrogens is 248 g/mol. The van der Waals surface area contributed by atoms with E-state index in [0.29, 0.717) is 12.3 Å².